The van der Waals surface area contributed by atoms with Crippen LogP contribution in [0.3, 0.4) is 0 Å². The lowest BCUT2D eigenvalue weighted by Gasteiger charge is -2.07. The van der Waals surface area contributed by atoms with E-state index in [0.717, 1.165) is 0 Å². The van der Waals surface area contributed by atoms with Crippen LogP contribution in [0.1, 0.15) is 10.4 Å². The van der Waals surface area contributed by atoms with E-state index in [-0.39, 0.29) is 11.7 Å². The molecule has 0 fully saturated rings. The van der Waals surface area contributed by atoms with Gasteiger partial charge in [-0.1, -0.05) is 29.8 Å². The number of phenols is 1. The Morgan fingerprint density at radius 1 is 1.12 bits per heavy atom. The molecular weight excluding hydrogens is 238 g/mol. The zero-order valence-corrected chi connectivity index (χ0v) is 9.61. The van der Waals surface area contributed by atoms with Crippen molar-refractivity contribution in [3.63, 3.8) is 0 Å². The molecule has 2 aromatic carbocycles. The van der Waals surface area contributed by atoms with Crippen LogP contribution in [0.15, 0.2) is 48.5 Å². The largest absolute Gasteiger partial charge is 0.506 e. The molecular formula is C13H10ClNO2. The molecule has 2 aromatic rings. The molecule has 0 bridgehead atoms. The predicted octanol–water partition coefficient (Wildman–Crippen LogP) is 3.30. The molecule has 86 valence electrons. The molecule has 0 aromatic heterocycles. The van der Waals surface area contributed by atoms with Gasteiger partial charge in [-0.15, -0.1) is 0 Å². The maximum absolute atomic E-state index is 11.8. The summed E-state index contributed by atoms with van der Waals surface area (Å²) in [5.74, 6) is -0.304. The molecule has 0 aliphatic rings. The average molecular weight is 248 g/mol. The summed E-state index contributed by atoms with van der Waals surface area (Å²) in [4.78, 5) is 11.8. The SMILES string of the molecule is O=C(Nc1cc(Cl)ccc1O)c1ccccc1. The summed E-state index contributed by atoms with van der Waals surface area (Å²) in [7, 11) is 0. The van der Waals surface area contributed by atoms with Crippen molar-refractivity contribution in [1.82, 2.24) is 0 Å². The van der Waals surface area contributed by atoms with E-state index in [1.165, 1.54) is 12.1 Å². The molecule has 0 saturated carbocycles. The average Bonchev–Trinajstić information content (AvgIpc) is 2.35. The van der Waals surface area contributed by atoms with Crippen molar-refractivity contribution in [2.75, 3.05) is 5.32 Å². The molecule has 0 radical (unpaired) electrons. The molecule has 2 N–H and O–H groups in total. The van der Waals surface area contributed by atoms with Gasteiger partial charge in [0.1, 0.15) is 5.75 Å². The Hall–Kier alpha value is -2.00. The number of hydrogen-bond acceptors (Lipinski definition) is 2. The van der Waals surface area contributed by atoms with E-state index in [0.29, 0.717) is 16.3 Å². The van der Waals surface area contributed by atoms with Crippen molar-refractivity contribution in [1.29, 1.82) is 0 Å². The van der Waals surface area contributed by atoms with Crippen LogP contribution in [-0.2, 0) is 0 Å². The zero-order valence-electron chi connectivity index (χ0n) is 8.85. The number of benzene rings is 2. The molecule has 17 heavy (non-hydrogen) atoms. The topological polar surface area (TPSA) is 49.3 Å². The molecule has 0 aliphatic heterocycles. The summed E-state index contributed by atoms with van der Waals surface area (Å²) in [6.45, 7) is 0. The van der Waals surface area contributed by atoms with Gasteiger partial charge in [-0.05, 0) is 30.3 Å². The van der Waals surface area contributed by atoms with Crippen LogP contribution in [0.5, 0.6) is 5.75 Å². The standard InChI is InChI=1S/C13H10ClNO2/c14-10-6-7-12(16)11(8-10)15-13(17)9-4-2-1-3-5-9/h1-8,16H,(H,15,17). The van der Waals surface area contributed by atoms with Crippen LogP contribution in [-0.4, -0.2) is 11.0 Å². The highest BCUT2D eigenvalue weighted by Crippen LogP contribution is 2.26. The number of amides is 1. The molecule has 0 unspecified atom stereocenters. The van der Waals surface area contributed by atoms with Crippen LogP contribution < -0.4 is 5.32 Å². The first kappa shape index (κ1) is 11.5. The maximum Gasteiger partial charge on any atom is 0.255 e. The van der Waals surface area contributed by atoms with Crippen molar-refractivity contribution in [2.24, 2.45) is 0 Å². The summed E-state index contributed by atoms with van der Waals surface area (Å²) in [6, 6.07) is 13.2. The van der Waals surface area contributed by atoms with E-state index in [4.69, 9.17) is 11.6 Å². The van der Waals surface area contributed by atoms with E-state index < -0.39 is 0 Å². The monoisotopic (exact) mass is 247 g/mol. The fourth-order valence-corrected chi connectivity index (χ4v) is 1.56. The fraction of sp³-hybridized carbons (Fsp3) is 0. The number of aromatic hydroxyl groups is 1. The lowest BCUT2D eigenvalue weighted by atomic mass is 10.2. The molecule has 2 rings (SSSR count). The number of carbonyl (C=O) groups is 1. The Morgan fingerprint density at radius 3 is 2.53 bits per heavy atom. The lowest BCUT2D eigenvalue weighted by molar-refractivity contribution is 0.102. The Morgan fingerprint density at radius 2 is 1.82 bits per heavy atom. The van der Waals surface area contributed by atoms with E-state index >= 15 is 0 Å². The molecule has 1 amide bonds. The summed E-state index contributed by atoms with van der Waals surface area (Å²) < 4.78 is 0. The van der Waals surface area contributed by atoms with Crippen molar-refractivity contribution in [2.45, 2.75) is 0 Å². The number of nitrogens with one attached hydrogen (secondary N) is 1. The second-order valence-electron chi connectivity index (χ2n) is 3.48. The van der Waals surface area contributed by atoms with Gasteiger partial charge in [0, 0.05) is 10.6 Å². The van der Waals surface area contributed by atoms with Gasteiger partial charge in [0.15, 0.2) is 0 Å². The third-order valence-corrected chi connectivity index (χ3v) is 2.48. The second-order valence-corrected chi connectivity index (χ2v) is 3.92. The molecule has 0 atom stereocenters. The minimum absolute atomic E-state index is 0.0151. The van der Waals surface area contributed by atoms with Gasteiger partial charge in [-0.2, -0.15) is 0 Å². The van der Waals surface area contributed by atoms with Gasteiger partial charge < -0.3 is 10.4 Å². The lowest BCUT2D eigenvalue weighted by Crippen LogP contribution is -2.11. The predicted molar refractivity (Wildman–Crippen MR) is 67.5 cm³/mol. The highest BCUT2D eigenvalue weighted by Gasteiger charge is 2.08. The van der Waals surface area contributed by atoms with E-state index in [1.807, 2.05) is 6.07 Å². The van der Waals surface area contributed by atoms with E-state index in [1.54, 1.807) is 30.3 Å². The smallest absolute Gasteiger partial charge is 0.255 e. The van der Waals surface area contributed by atoms with Crippen LogP contribution in [0, 0.1) is 0 Å². The van der Waals surface area contributed by atoms with Crippen molar-refractivity contribution >= 4 is 23.2 Å². The number of rotatable bonds is 2. The number of anilines is 1. The van der Waals surface area contributed by atoms with Crippen molar-refractivity contribution in [3.05, 3.63) is 59.1 Å². The van der Waals surface area contributed by atoms with E-state index in [9.17, 15) is 9.90 Å². The number of hydrogen-bond donors (Lipinski definition) is 2. The van der Waals surface area contributed by atoms with Gasteiger partial charge in [0.25, 0.3) is 5.91 Å². The van der Waals surface area contributed by atoms with Crippen LogP contribution in [0.2, 0.25) is 5.02 Å². The quantitative estimate of drug-likeness (QED) is 0.800. The highest BCUT2D eigenvalue weighted by atomic mass is 35.5. The minimum Gasteiger partial charge on any atom is -0.506 e. The fourth-order valence-electron chi connectivity index (χ4n) is 1.39. The summed E-state index contributed by atoms with van der Waals surface area (Å²) in [5, 5.41) is 12.6. The van der Waals surface area contributed by atoms with Gasteiger partial charge in [-0.25, -0.2) is 0 Å². The number of carbonyl (C=O) groups excluding carboxylic acids is 1. The summed E-state index contributed by atoms with van der Waals surface area (Å²) >= 11 is 5.78. The zero-order chi connectivity index (χ0) is 12.3. The third kappa shape index (κ3) is 2.77. The number of halogens is 1. The Balaban J connectivity index is 2.22. The second kappa shape index (κ2) is 4.89. The summed E-state index contributed by atoms with van der Waals surface area (Å²) in [6.07, 6.45) is 0. The van der Waals surface area contributed by atoms with Gasteiger partial charge in [0.05, 0.1) is 5.69 Å². The molecule has 0 spiro atoms. The van der Waals surface area contributed by atoms with Crippen LogP contribution in [0.4, 0.5) is 5.69 Å². The molecule has 0 saturated heterocycles. The Kier molecular flexibility index (Phi) is 3.30. The Labute approximate surface area is 104 Å². The first-order chi connectivity index (χ1) is 8.16. The first-order valence-corrected chi connectivity index (χ1v) is 5.39. The minimum atomic E-state index is -0.289. The first-order valence-electron chi connectivity index (χ1n) is 5.02. The van der Waals surface area contributed by atoms with Crippen molar-refractivity contribution < 1.29 is 9.90 Å². The number of phenolic OH excluding ortho intramolecular Hbond substituents is 1. The van der Waals surface area contributed by atoms with Crippen LogP contribution >= 0.6 is 11.6 Å². The van der Waals surface area contributed by atoms with Gasteiger partial charge in [0.2, 0.25) is 0 Å². The molecule has 3 nitrogen and oxygen atoms in total. The van der Waals surface area contributed by atoms with Gasteiger partial charge >= 0.3 is 0 Å². The normalized spacial score (nSPS) is 9.94. The van der Waals surface area contributed by atoms with Crippen LogP contribution in [0.25, 0.3) is 0 Å². The molecule has 4 heteroatoms. The summed E-state index contributed by atoms with van der Waals surface area (Å²) in [5.41, 5.74) is 0.818. The highest BCUT2D eigenvalue weighted by molar-refractivity contribution is 6.31. The maximum atomic E-state index is 11.8. The Bertz CT molecular complexity index is 540. The third-order valence-electron chi connectivity index (χ3n) is 2.24. The van der Waals surface area contributed by atoms with E-state index in [2.05, 4.69) is 5.32 Å². The molecule has 0 heterocycles. The van der Waals surface area contributed by atoms with Crippen molar-refractivity contribution in [3.8, 4) is 5.75 Å². The molecule has 0 aliphatic carbocycles. The van der Waals surface area contributed by atoms with Gasteiger partial charge in [-0.3, -0.25) is 4.79 Å².